The smallest absolute Gasteiger partial charge is 0.325 e. The third-order valence-corrected chi connectivity index (χ3v) is 2.76. The average molecular weight is 301 g/mol. The number of rotatable bonds is 6. The van der Waals surface area contributed by atoms with Gasteiger partial charge in [-0.15, -0.1) is 0 Å². The number of carboxylic acid groups (broad SMARTS) is 1. The van der Waals surface area contributed by atoms with Crippen molar-refractivity contribution >= 4 is 23.3 Å². The second-order valence-corrected chi connectivity index (χ2v) is 4.48. The van der Waals surface area contributed by atoms with Gasteiger partial charge in [-0.05, 0) is 38.1 Å². The lowest BCUT2D eigenvalue weighted by atomic mass is 10.1. The molecule has 7 heteroatoms. The van der Waals surface area contributed by atoms with Gasteiger partial charge in [0.05, 0.1) is 0 Å². The summed E-state index contributed by atoms with van der Waals surface area (Å²) >= 11 is 0. The molecule has 1 aromatic rings. The number of nitriles is 1. The average Bonchev–Trinajstić information content (AvgIpc) is 2.48. The Morgan fingerprint density at radius 2 is 1.86 bits per heavy atom. The molecule has 0 fully saturated rings. The number of aliphatic carboxylic acids is 1. The zero-order valence-electron chi connectivity index (χ0n) is 12.1. The van der Waals surface area contributed by atoms with E-state index in [0.717, 1.165) is 6.20 Å². The summed E-state index contributed by atoms with van der Waals surface area (Å²) < 4.78 is 0. The lowest BCUT2D eigenvalue weighted by Gasteiger charge is -2.07. The van der Waals surface area contributed by atoms with E-state index in [0.29, 0.717) is 11.3 Å². The summed E-state index contributed by atoms with van der Waals surface area (Å²) in [6, 6.07) is 6.95. The molecule has 0 aliphatic carbocycles. The second kappa shape index (κ2) is 7.59. The van der Waals surface area contributed by atoms with Gasteiger partial charge in [0.1, 0.15) is 17.7 Å². The summed E-state index contributed by atoms with van der Waals surface area (Å²) in [6.07, 6.45) is 1.05. The minimum atomic E-state index is -1.10. The molecule has 0 aliphatic rings. The molecule has 1 aromatic carbocycles. The van der Waals surface area contributed by atoms with Gasteiger partial charge >= 0.3 is 5.97 Å². The minimum Gasteiger partial charge on any atom is -0.480 e. The zero-order chi connectivity index (χ0) is 16.7. The number of hydrogen-bond donors (Lipinski definition) is 3. The van der Waals surface area contributed by atoms with E-state index in [2.05, 4.69) is 10.6 Å². The fraction of sp³-hybridized carbons (Fsp3) is 0.200. The number of carboxylic acids is 1. The molecule has 1 rings (SSSR count). The van der Waals surface area contributed by atoms with Crippen molar-refractivity contribution in [2.75, 3.05) is 5.32 Å². The monoisotopic (exact) mass is 301 g/mol. The molecule has 3 N–H and O–H groups in total. The quantitative estimate of drug-likeness (QED) is 0.414. The molecule has 0 heterocycles. The Balaban J connectivity index is 2.77. The van der Waals surface area contributed by atoms with Crippen molar-refractivity contribution in [1.82, 2.24) is 5.32 Å². The maximum Gasteiger partial charge on any atom is 0.325 e. The first-order chi connectivity index (χ1) is 10.3. The first-order valence-electron chi connectivity index (χ1n) is 6.36. The Morgan fingerprint density at radius 3 is 2.32 bits per heavy atom. The fourth-order valence-electron chi connectivity index (χ4n) is 1.41. The number of benzene rings is 1. The summed E-state index contributed by atoms with van der Waals surface area (Å²) in [6.45, 7) is 2.81. The third-order valence-electron chi connectivity index (χ3n) is 2.76. The lowest BCUT2D eigenvalue weighted by Crippen LogP contribution is -2.30. The van der Waals surface area contributed by atoms with Crippen molar-refractivity contribution in [2.24, 2.45) is 0 Å². The molecule has 0 bridgehead atoms. The van der Waals surface area contributed by atoms with Crippen molar-refractivity contribution in [1.29, 1.82) is 5.26 Å². The summed E-state index contributed by atoms with van der Waals surface area (Å²) in [7, 11) is 0. The van der Waals surface area contributed by atoms with Gasteiger partial charge in [-0.25, -0.2) is 0 Å². The van der Waals surface area contributed by atoms with Crippen LogP contribution in [0.4, 0.5) is 5.69 Å². The highest BCUT2D eigenvalue weighted by Crippen LogP contribution is 2.11. The van der Waals surface area contributed by atoms with Gasteiger partial charge in [-0.2, -0.15) is 5.26 Å². The van der Waals surface area contributed by atoms with Crippen LogP contribution < -0.4 is 10.6 Å². The summed E-state index contributed by atoms with van der Waals surface area (Å²) in [5.74, 6) is -1.88. The normalized spacial score (nSPS) is 12.0. The second-order valence-electron chi connectivity index (χ2n) is 4.48. The minimum absolute atomic E-state index is 0.0951. The van der Waals surface area contributed by atoms with Gasteiger partial charge in [-0.1, -0.05) is 0 Å². The van der Waals surface area contributed by atoms with E-state index < -0.39 is 17.9 Å². The van der Waals surface area contributed by atoms with Gasteiger partial charge in [0, 0.05) is 17.5 Å². The molecule has 114 valence electrons. The Bertz CT molecular complexity index is 656. The van der Waals surface area contributed by atoms with Crippen LogP contribution in [0.15, 0.2) is 36.0 Å². The molecular formula is C15H15N3O4. The molecule has 22 heavy (non-hydrogen) atoms. The highest BCUT2D eigenvalue weighted by molar-refractivity contribution is 6.06. The van der Waals surface area contributed by atoms with E-state index in [1.165, 1.54) is 26.0 Å². The van der Waals surface area contributed by atoms with E-state index in [1.54, 1.807) is 18.2 Å². The van der Waals surface area contributed by atoms with Gasteiger partial charge < -0.3 is 15.7 Å². The molecule has 0 aliphatic heterocycles. The highest BCUT2D eigenvalue weighted by Gasteiger charge is 2.12. The number of amides is 1. The Kier molecular flexibility index (Phi) is 5.84. The van der Waals surface area contributed by atoms with Crippen LogP contribution in [0.2, 0.25) is 0 Å². The van der Waals surface area contributed by atoms with Gasteiger partial charge in [0.25, 0.3) is 5.91 Å². The van der Waals surface area contributed by atoms with Crippen LogP contribution in [0.3, 0.4) is 0 Å². The predicted octanol–water partition coefficient (Wildman–Crippen LogP) is 1.30. The molecule has 0 radical (unpaired) electrons. The predicted molar refractivity (Wildman–Crippen MR) is 79.0 cm³/mol. The number of Topliss-reactive ketones (excluding diaryl/α,β-unsaturated/α-hetero) is 1. The summed E-state index contributed by atoms with van der Waals surface area (Å²) in [5.41, 5.74) is 0.664. The molecule has 0 aromatic heterocycles. The van der Waals surface area contributed by atoms with E-state index in [1.807, 2.05) is 0 Å². The first kappa shape index (κ1) is 16.9. The molecule has 0 saturated carbocycles. The van der Waals surface area contributed by atoms with Crippen molar-refractivity contribution in [3.8, 4) is 6.07 Å². The lowest BCUT2D eigenvalue weighted by molar-refractivity contribution is -0.138. The standard InChI is InChI=1S/C15H15N3O4/c1-9(15(21)22)17-8-12(7-16)14(20)18-13-5-3-11(4-6-13)10(2)19/h3-6,8-9,17H,1-2H3,(H,18,20)(H,21,22)/b12-8-. The Hall–Kier alpha value is -3.14. The maximum atomic E-state index is 11.9. The van der Waals surface area contributed by atoms with E-state index in [4.69, 9.17) is 10.4 Å². The first-order valence-corrected chi connectivity index (χ1v) is 6.36. The van der Waals surface area contributed by atoms with Crippen LogP contribution in [0, 0.1) is 11.3 Å². The van der Waals surface area contributed by atoms with Crippen LogP contribution in [0.25, 0.3) is 0 Å². The number of ketones is 1. The van der Waals surface area contributed by atoms with Crippen molar-refractivity contribution in [3.05, 3.63) is 41.6 Å². The van der Waals surface area contributed by atoms with E-state index in [-0.39, 0.29) is 11.4 Å². The van der Waals surface area contributed by atoms with Crippen molar-refractivity contribution in [2.45, 2.75) is 19.9 Å². The Labute approximate surface area is 127 Å². The third kappa shape index (κ3) is 4.76. The number of nitrogens with one attached hydrogen (secondary N) is 2. The maximum absolute atomic E-state index is 11.9. The van der Waals surface area contributed by atoms with Crippen LogP contribution in [0.1, 0.15) is 24.2 Å². The van der Waals surface area contributed by atoms with Gasteiger partial charge in [0.15, 0.2) is 5.78 Å². The van der Waals surface area contributed by atoms with Gasteiger partial charge in [0.2, 0.25) is 0 Å². The van der Waals surface area contributed by atoms with Crippen LogP contribution >= 0.6 is 0 Å². The number of hydrogen-bond acceptors (Lipinski definition) is 5. The van der Waals surface area contributed by atoms with Crippen LogP contribution in [0.5, 0.6) is 0 Å². The number of carbonyl (C=O) groups excluding carboxylic acids is 2. The molecule has 1 amide bonds. The largest absolute Gasteiger partial charge is 0.480 e. The number of carbonyl (C=O) groups is 3. The zero-order valence-corrected chi connectivity index (χ0v) is 12.1. The molecule has 0 saturated heterocycles. The van der Waals surface area contributed by atoms with Crippen LogP contribution in [-0.4, -0.2) is 28.8 Å². The fourth-order valence-corrected chi connectivity index (χ4v) is 1.41. The van der Waals surface area contributed by atoms with Gasteiger partial charge in [-0.3, -0.25) is 14.4 Å². The van der Waals surface area contributed by atoms with E-state index in [9.17, 15) is 14.4 Å². The molecule has 1 unspecified atom stereocenters. The molecule has 7 nitrogen and oxygen atoms in total. The summed E-state index contributed by atoms with van der Waals surface area (Å²) in [4.78, 5) is 33.7. The Morgan fingerprint density at radius 1 is 1.27 bits per heavy atom. The molecule has 0 spiro atoms. The highest BCUT2D eigenvalue weighted by atomic mass is 16.4. The van der Waals surface area contributed by atoms with Crippen molar-refractivity contribution < 1.29 is 19.5 Å². The molecular weight excluding hydrogens is 286 g/mol. The topological polar surface area (TPSA) is 119 Å². The molecule has 1 atom stereocenters. The number of nitrogens with zero attached hydrogens (tertiary/aromatic N) is 1. The number of anilines is 1. The van der Waals surface area contributed by atoms with Crippen LogP contribution in [-0.2, 0) is 9.59 Å². The van der Waals surface area contributed by atoms with E-state index >= 15 is 0 Å². The summed E-state index contributed by atoms with van der Waals surface area (Å²) in [5, 5.41) is 22.6. The van der Waals surface area contributed by atoms with Crippen molar-refractivity contribution in [3.63, 3.8) is 0 Å². The SMILES string of the molecule is CC(=O)c1ccc(NC(=O)/C(C#N)=C\NC(C)C(=O)O)cc1.